The van der Waals surface area contributed by atoms with Crippen LogP contribution in [0.2, 0.25) is 0 Å². The van der Waals surface area contributed by atoms with Crippen LogP contribution in [0.15, 0.2) is 77.9 Å². The van der Waals surface area contributed by atoms with Gasteiger partial charge < -0.3 is 15.4 Å². The number of esters is 1. The van der Waals surface area contributed by atoms with E-state index in [0.717, 1.165) is 21.3 Å². The second-order valence-electron chi connectivity index (χ2n) is 8.57. The molecular weight excluding hydrogens is 472 g/mol. The fraction of sp³-hybridized carbons (Fsp3) is 0.179. The SMILES string of the molecule is Cc1ccc(CNC(=O)c2ccccc2NC(=O)COC(=O)Cn2cnc3c(C)cccc3c2=O)cc1. The number of carbonyl (C=O) groups is 3. The Bertz CT molecular complexity index is 1530. The lowest BCUT2D eigenvalue weighted by atomic mass is 10.1. The Morgan fingerprint density at radius 2 is 1.70 bits per heavy atom. The van der Waals surface area contributed by atoms with Gasteiger partial charge >= 0.3 is 5.97 Å². The fourth-order valence-corrected chi connectivity index (χ4v) is 3.74. The molecule has 0 bridgehead atoms. The van der Waals surface area contributed by atoms with E-state index in [9.17, 15) is 19.2 Å². The highest BCUT2D eigenvalue weighted by atomic mass is 16.5. The molecule has 0 saturated heterocycles. The molecule has 0 aliphatic heterocycles. The van der Waals surface area contributed by atoms with Crippen LogP contribution in [0.4, 0.5) is 5.69 Å². The monoisotopic (exact) mass is 498 g/mol. The highest BCUT2D eigenvalue weighted by molar-refractivity contribution is 6.04. The second-order valence-corrected chi connectivity index (χ2v) is 8.57. The Hall–Kier alpha value is -4.79. The largest absolute Gasteiger partial charge is 0.454 e. The molecule has 2 N–H and O–H groups in total. The Morgan fingerprint density at radius 3 is 2.49 bits per heavy atom. The Balaban J connectivity index is 1.33. The van der Waals surface area contributed by atoms with Crippen molar-refractivity contribution < 1.29 is 19.1 Å². The quantitative estimate of drug-likeness (QED) is 0.360. The average Bonchev–Trinajstić information content (AvgIpc) is 2.89. The van der Waals surface area contributed by atoms with E-state index in [1.165, 1.54) is 6.33 Å². The van der Waals surface area contributed by atoms with Crippen molar-refractivity contribution >= 4 is 34.4 Å². The number of amides is 2. The highest BCUT2D eigenvalue weighted by Crippen LogP contribution is 2.15. The van der Waals surface area contributed by atoms with Gasteiger partial charge in [-0.15, -0.1) is 0 Å². The van der Waals surface area contributed by atoms with Gasteiger partial charge in [-0.3, -0.25) is 23.7 Å². The van der Waals surface area contributed by atoms with Crippen LogP contribution in [0.1, 0.15) is 27.0 Å². The molecule has 0 aliphatic rings. The van der Waals surface area contributed by atoms with E-state index in [-0.39, 0.29) is 29.3 Å². The Kier molecular flexibility index (Phi) is 7.73. The third kappa shape index (κ3) is 6.26. The van der Waals surface area contributed by atoms with Crippen LogP contribution < -0.4 is 16.2 Å². The number of rotatable bonds is 8. The molecule has 4 aromatic rings. The van der Waals surface area contributed by atoms with Crippen molar-refractivity contribution in [3.63, 3.8) is 0 Å². The van der Waals surface area contributed by atoms with Gasteiger partial charge in [0, 0.05) is 6.54 Å². The van der Waals surface area contributed by atoms with E-state index in [4.69, 9.17) is 4.74 Å². The van der Waals surface area contributed by atoms with Crippen molar-refractivity contribution in [1.82, 2.24) is 14.9 Å². The standard InChI is InChI=1S/C28H26N4O5/c1-18-10-12-20(13-11-18)14-29-27(35)21-7-3-4-9-23(21)31-24(33)16-37-25(34)15-32-17-30-26-19(2)6-5-8-22(26)28(32)36/h3-13,17H,14-16H2,1-2H3,(H,29,35)(H,31,33). The molecule has 3 aromatic carbocycles. The summed E-state index contributed by atoms with van der Waals surface area (Å²) < 4.78 is 6.18. The third-order valence-corrected chi connectivity index (χ3v) is 5.74. The summed E-state index contributed by atoms with van der Waals surface area (Å²) >= 11 is 0. The number of fused-ring (bicyclic) bond motifs is 1. The number of nitrogens with one attached hydrogen (secondary N) is 2. The maximum atomic E-state index is 12.7. The molecule has 4 rings (SSSR count). The number of benzene rings is 3. The van der Waals surface area contributed by atoms with Gasteiger partial charge in [-0.25, -0.2) is 4.98 Å². The summed E-state index contributed by atoms with van der Waals surface area (Å²) in [6.07, 6.45) is 1.28. The van der Waals surface area contributed by atoms with E-state index in [1.807, 2.05) is 44.2 Å². The van der Waals surface area contributed by atoms with Crippen LogP contribution in [-0.4, -0.2) is 33.9 Å². The molecule has 0 aliphatic carbocycles. The topological polar surface area (TPSA) is 119 Å². The first kappa shape index (κ1) is 25.3. The van der Waals surface area contributed by atoms with Crippen LogP contribution in [0.25, 0.3) is 10.9 Å². The van der Waals surface area contributed by atoms with Crippen molar-refractivity contribution in [3.05, 3.63) is 106 Å². The molecule has 0 atom stereocenters. The predicted molar refractivity (Wildman–Crippen MR) is 139 cm³/mol. The van der Waals surface area contributed by atoms with E-state index in [0.29, 0.717) is 17.4 Å². The molecule has 0 spiro atoms. The third-order valence-electron chi connectivity index (χ3n) is 5.74. The van der Waals surface area contributed by atoms with Crippen LogP contribution in [0.5, 0.6) is 0 Å². The summed E-state index contributed by atoms with van der Waals surface area (Å²) in [6, 6.07) is 19.6. The van der Waals surface area contributed by atoms with Gasteiger partial charge in [0.1, 0.15) is 6.54 Å². The molecular formula is C28H26N4O5. The van der Waals surface area contributed by atoms with Crippen molar-refractivity contribution in [1.29, 1.82) is 0 Å². The molecule has 2 amide bonds. The molecule has 37 heavy (non-hydrogen) atoms. The lowest BCUT2D eigenvalue weighted by molar-refractivity contribution is -0.147. The van der Waals surface area contributed by atoms with Crippen molar-refractivity contribution in [3.8, 4) is 0 Å². The number of carbonyl (C=O) groups excluding carboxylic acids is 3. The molecule has 0 saturated carbocycles. The predicted octanol–water partition coefficient (Wildman–Crippen LogP) is 3.13. The smallest absolute Gasteiger partial charge is 0.326 e. The van der Waals surface area contributed by atoms with Gasteiger partial charge in [0.2, 0.25) is 0 Å². The summed E-state index contributed by atoms with van der Waals surface area (Å²) in [5.74, 6) is -1.74. The molecule has 188 valence electrons. The van der Waals surface area contributed by atoms with E-state index >= 15 is 0 Å². The normalized spacial score (nSPS) is 10.6. The van der Waals surface area contributed by atoms with Gasteiger partial charge in [-0.2, -0.15) is 0 Å². The van der Waals surface area contributed by atoms with Crippen LogP contribution in [-0.2, 0) is 27.4 Å². The Morgan fingerprint density at radius 1 is 0.946 bits per heavy atom. The fourth-order valence-electron chi connectivity index (χ4n) is 3.74. The lowest BCUT2D eigenvalue weighted by Crippen LogP contribution is -2.29. The zero-order valence-electron chi connectivity index (χ0n) is 20.5. The number of nitrogens with zero attached hydrogens (tertiary/aromatic N) is 2. The Labute approximate surface area is 213 Å². The minimum Gasteiger partial charge on any atom is -0.454 e. The number of anilines is 1. The van der Waals surface area contributed by atoms with E-state index in [2.05, 4.69) is 15.6 Å². The zero-order valence-corrected chi connectivity index (χ0v) is 20.5. The van der Waals surface area contributed by atoms with Gasteiger partial charge in [-0.05, 0) is 43.2 Å². The van der Waals surface area contributed by atoms with Crippen LogP contribution in [0, 0.1) is 13.8 Å². The van der Waals surface area contributed by atoms with Crippen LogP contribution in [0.3, 0.4) is 0 Å². The number of ether oxygens (including phenoxy) is 1. The minimum atomic E-state index is -0.768. The molecule has 0 radical (unpaired) electrons. The molecule has 1 heterocycles. The molecule has 1 aromatic heterocycles. The van der Waals surface area contributed by atoms with Crippen molar-refractivity contribution in [2.24, 2.45) is 0 Å². The second kappa shape index (κ2) is 11.3. The average molecular weight is 499 g/mol. The summed E-state index contributed by atoms with van der Waals surface area (Å²) in [7, 11) is 0. The molecule has 0 fully saturated rings. The summed E-state index contributed by atoms with van der Waals surface area (Å²) in [4.78, 5) is 54.3. The minimum absolute atomic E-state index is 0.276. The summed E-state index contributed by atoms with van der Waals surface area (Å²) in [5, 5.41) is 5.83. The van der Waals surface area contributed by atoms with Crippen molar-refractivity contribution in [2.45, 2.75) is 26.9 Å². The maximum Gasteiger partial charge on any atom is 0.326 e. The molecule has 9 heteroatoms. The summed E-state index contributed by atoms with van der Waals surface area (Å²) in [6.45, 7) is 3.20. The van der Waals surface area contributed by atoms with E-state index < -0.39 is 18.5 Å². The first-order valence-corrected chi connectivity index (χ1v) is 11.6. The van der Waals surface area contributed by atoms with Gasteiger partial charge in [-0.1, -0.05) is 54.1 Å². The lowest BCUT2D eigenvalue weighted by Gasteiger charge is -2.12. The van der Waals surface area contributed by atoms with Gasteiger partial charge in [0.05, 0.1) is 28.5 Å². The highest BCUT2D eigenvalue weighted by Gasteiger charge is 2.15. The first-order valence-electron chi connectivity index (χ1n) is 11.6. The number of aryl methyl sites for hydroxylation is 2. The summed E-state index contributed by atoms with van der Waals surface area (Å²) in [5.41, 5.74) is 3.68. The van der Waals surface area contributed by atoms with Gasteiger partial charge in [0.25, 0.3) is 17.4 Å². The first-order chi connectivity index (χ1) is 17.8. The maximum absolute atomic E-state index is 12.7. The van der Waals surface area contributed by atoms with Crippen LogP contribution >= 0.6 is 0 Å². The zero-order chi connectivity index (χ0) is 26.4. The van der Waals surface area contributed by atoms with Gasteiger partial charge in [0.15, 0.2) is 6.61 Å². The molecule has 9 nitrogen and oxygen atoms in total. The number of hydrogen-bond donors (Lipinski definition) is 2. The van der Waals surface area contributed by atoms with E-state index in [1.54, 1.807) is 36.4 Å². The number of hydrogen-bond acceptors (Lipinski definition) is 6. The molecule has 0 unspecified atom stereocenters. The number of aromatic nitrogens is 2. The van der Waals surface area contributed by atoms with Crippen molar-refractivity contribution in [2.75, 3.05) is 11.9 Å². The number of para-hydroxylation sites is 2.